The fourth-order valence-corrected chi connectivity index (χ4v) is 0.968. The summed E-state index contributed by atoms with van der Waals surface area (Å²) < 4.78 is 9.55. The normalized spacial score (nSPS) is 8.53. The van der Waals surface area contributed by atoms with Crippen molar-refractivity contribution in [3.8, 4) is 5.75 Å². The zero-order valence-corrected chi connectivity index (χ0v) is 14.2. The van der Waals surface area contributed by atoms with Gasteiger partial charge in [-0.15, -0.1) is 12.1 Å². The van der Waals surface area contributed by atoms with Gasteiger partial charge < -0.3 is 9.47 Å². The molecule has 0 bridgehead atoms. The van der Waals surface area contributed by atoms with Gasteiger partial charge in [-0.3, -0.25) is 9.59 Å². The molecule has 4 nitrogen and oxygen atoms in total. The Bertz CT molecular complexity index is 381. The standard InChI is InChI=1S/C11H11O4.BrH.Zn/c1-8(12)14-7-10-4-3-5-11(6-10)15-9(2)13;;/h3-7H,1-2H3;1H;/q-1;;+2/p-1. The van der Waals surface area contributed by atoms with Gasteiger partial charge in [0.1, 0.15) is 0 Å². The quantitative estimate of drug-likeness (QED) is 0.363. The van der Waals surface area contributed by atoms with Crippen molar-refractivity contribution in [1.29, 1.82) is 0 Å². The van der Waals surface area contributed by atoms with Crippen LogP contribution in [0.5, 0.6) is 5.75 Å². The first-order valence-electron chi connectivity index (χ1n) is 4.63. The summed E-state index contributed by atoms with van der Waals surface area (Å²) in [5.74, 6) is -0.365. The molecule has 17 heavy (non-hydrogen) atoms. The van der Waals surface area contributed by atoms with Gasteiger partial charge in [-0.25, -0.2) is 0 Å². The molecule has 0 aliphatic heterocycles. The van der Waals surface area contributed by atoms with Gasteiger partial charge in [-0.05, 0) is 12.7 Å². The van der Waals surface area contributed by atoms with Gasteiger partial charge in [0, 0.05) is 13.8 Å². The van der Waals surface area contributed by atoms with E-state index in [9.17, 15) is 9.59 Å². The Morgan fingerprint density at radius 2 is 1.88 bits per heavy atom. The molecule has 1 rings (SSSR count). The predicted octanol–water partition coefficient (Wildman–Crippen LogP) is 2.53. The summed E-state index contributed by atoms with van der Waals surface area (Å²) in [5, 5.41) is 0. The average molecular weight is 352 g/mol. The Kier molecular flexibility index (Phi) is 8.72. The van der Waals surface area contributed by atoms with Crippen LogP contribution in [0.25, 0.3) is 0 Å². The molecular formula is C11H11BrO4Zn. The first-order valence-corrected chi connectivity index (χ1v) is 11.6. The number of esters is 2. The van der Waals surface area contributed by atoms with Crippen molar-refractivity contribution in [2.45, 2.75) is 13.8 Å². The number of carbonyl (C=O) groups is 2. The van der Waals surface area contributed by atoms with Crippen LogP contribution in [-0.2, 0) is 30.7 Å². The minimum absolute atomic E-state index is 0.389. The van der Waals surface area contributed by atoms with Crippen molar-refractivity contribution in [1.82, 2.24) is 0 Å². The second-order valence-corrected chi connectivity index (χ2v) is 2.89. The van der Waals surface area contributed by atoms with Crippen LogP contribution in [0.2, 0.25) is 0 Å². The first-order chi connectivity index (χ1) is 8.08. The molecule has 6 heteroatoms. The fraction of sp³-hybridized carbons (Fsp3) is 0.182. The Balaban J connectivity index is 0.00000121. The molecule has 0 saturated carbocycles. The summed E-state index contributed by atoms with van der Waals surface area (Å²) in [5.41, 5.74) is 0.656. The number of halogens is 1. The SMILES string of the molecule is CC(=O)O[CH-]c1cccc(OC(C)=O)c1.[Zn+][Br]. The van der Waals surface area contributed by atoms with E-state index < -0.39 is 5.97 Å². The molecule has 0 heterocycles. The van der Waals surface area contributed by atoms with Crippen LogP contribution in [0.3, 0.4) is 0 Å². The van der Waals surface area contributed by atoms with Gasteiger partial charge >= 0.3 is 35.9 Å². The van der Waals surface area contributed by atoms with Gasteiger partial charge in [-0.2, -0.15) is 11.6 Å². The summed E-state index contributed by atoms with van der Waals surface area (Å²) in [7, 11) is 0. The molecule has 0 N–H and O–H groups in total. The predicted molar refractivity (Wildman–Crippen MR) is 61.8 cm³/mol. The molecule has 0 aromatic heterocycles. The number of rotatable bonds is 3. The van der Waals surface area contributed by atoms with E-state index in [2.05, 4.69) is 18.4 Å². The van der Waals surface area contributed by atoms with Crippen LogP contribution in [0, 0.1) is 6.61 Å². The second kappa shape index (κ2) is 9.19. The van der Waals surface area contributed by atoms with Crippen molar-refractivity contribution >= 4 is 25.6 Å². The van der Waals surface area contributed by atoms with E-state index in [1.54, 1.807) is 24.3 Å². The Morgan fingerprint density at radius 1 is 1.24 bits per heavy atom. The number of hydrogen-bond acceptors (Lipinski definition) is 4. The van der Waals surface area contributed by atoms with E-state index in [0.717, 1.165) is 0 Å². The molecule has 0 amide bonds. The van der Waals surface area contributed by atoms with E-state index in [1.807, 2.05) is 0 Å². The Morgan fingerprint density at radius 3 is 2.41 bits per heavy atom. The Hall–Kier alpha value is -0.867. The van der Waals surface area contributed by atoms with Crippen LogP contribution in [0.15, 0.2) is 24.3 Å². The Labute approximate surface area is 117 Å². The summed E-state index contributed by atoms with van der Waals surface area (Å²) in [6.45, 7) is 3.93. The molecule has 1 aromatic carbocycles. The van der Waals surface area contributed by atoms with Crippen LogP contribution in [-0.4, -0.2) is 11.9 Å². The van der Waals surface area contributed by atoms with Crippen LogP contribution in [0.1, 0.15) is 19.4 Å². The number of hydrogen-bond donors (Lipinski definition) is 0. The van der Waals surface area contributed by atoms with E-state index in [4.69, 9.17) is 4.74 Å². The molecule has 0 radical (unpaired) electrons. The molecule has 1 aromatic rings. The third-order valence-electron chi connectivity index (χ3n) is 1.48. The maximum absolute atomic E-state index is 10.7. The van der Waals surface area contributed by atoms with Crippen molar-refractivity contribution in [3.05, 3.63) is 36.4 Å². The molecule has 88 valence electrons. The summed E-state index contributed by atoms with van der Waals surface area (Å²) in [6, 6.07) is 6.68. The van der Waals surface area contributed by atoms with Crippen LogP contribution in [0.4, 0.5) is 0 Å². The zero-order chi connectivity index (χ0) is 13.3. The minimum atomic E-state index is -0.395. The van der Waals surface area contributed by atoms with E-state index in [-0.39, 0.29) is 5.97 Å². The topological polar surface area (TPSA) is 52.6 Å². The molecular weight excluding hydrogens is 341 g/mol. The van der Waals surface area contributed by atoms with Crippen LogP contribution < -0.4 is 4.74 Å². The fourth-order valence-electron chi connectivity index (χ4n) is 0.968. The third kappa shape index (κ3) is 7.94. The molecule has 0 fully saturated rings. The monoisotopic (exact) mass is 350 g/mol. The maximum atomic E-state index is 10.7. The van der Waals surface area contributed by atoms with Gasteiger partial charge in [-0.1, -0.05) is 0 Å². The average Bonchev–Trinajstić information content (AvgIpc) is 2.29. The van der Waals surface area contributed by atoms with E-state index in [1.165, 1.54) is 36.8 Å². The number of carbonyl (C=O) groups excluding carboxylic acids is 2. The van der Waals surface area contributed by atoms with Crippen LogP contribution >= 0.6 is 13.6 Å². The number of benzene rings is 1. The third-order valence-corrected chi connectivity index (χ3v) is 1.48. The van der Waals surface area contributed by atoms with Crippen molar-refractivity contribution < 1.29 is 35.4 Å². The van der Waals surface area contributed by atoms with Gasteiger partial charge in [0.15, 0.2) is 0 Å². The zero-order valence-electron chi connectivity index (χ0n) is 9.60. The van der Waals surface area contributed by atoms with E-state index >= 15 is 0 Å². The van der Waals surface area contributed by atoms with Gasteiger partial charge in [0.2, 0.25) is 0 Å². The molecule has 0 aliphatic rings. The summed E-state index contributed by atoms with van der Waals surface area (Å²) in [4.78, 5) is 21.2. The van der Waals surface area contributed by atoms with Gasteiger partial charge in [0.05, 0.1) is 5.75 Å². The van der Waals surface area contributed by atoms with Crippen molar-refractivity contribution in [3.63, 3.8) is 0 Å². The van der Waals surface area contributed by atoms with E-state index in [0.29, 0.717) is 11.3 Å². The summed E-state index contributed by atoms with van der Waals surface area (Å²) in [6.07, 6.45) is 0. The number of ether oxygens (including phenoxy) is 2. The molecule has 0 unspecified atom stereocenters. The second-order valence-electron chi connectivity index (χ2n) is 2.89. The molecule has 0 aliphatic carbocycles. The summed E-state index contributed by atoms with van der Waals surface area (Å²) >= 11 is 4.25. The first kappa shape index (κ1) is 16.1. The van der Waals surface area contributed by atoms with Crippen molar-refractivity contribution in [2.75, 3.05) is 0 Å². The molecule has 0 atom stereocenters. The van der Waals surface area contributed by atoms with Gasteiger partial charge in [0.25, 0.3) is 5.97 Å². The molecule has 0 spiro atoms. The van der Waals surface area contributed by atoms with Crippen molar-refractivity contribution in [2.24, 2.45) is 0 Å². The molecule has 0 saturated heterocycles.